The monoisotopic (exact) mass is 583 g/mol. The third-order valence-electron chi connectivity index (χ3n) is 6.07. The molecule has 0 fully saturated rings. The molecule has 0 radical (unpaired) electrons. The van der Waals surface area contributed by atoms with Crippen molar-refractivity contribution < 1.29 is 23.2 Å². The number of hydrogen-bond donors (Lipinski definition) is 3. The maximum Gasteiger partial charge on any atom is 0.262 e. The lowest BCUT2D eigenvalue weighted by Crippen LogP contribution is -2.20. The predicted octanol–water partition coefficient (Wildman–Crippen LogP) is 5.85. The number of aromatic nitrogens is 2. The van der Waals surface area contributed by atoms with Crippen molar-refractivity contribution in [3.05, 3.63) is 96.6 Å². The molecule has 0 saturated heterocycles. The second-order valence-electron chi connectivity index (χ2n) is 9.19. The van der Waals surface area contributed by atoms with Gasteiger partial charge >= 0.3 is 0 Å². The summed E-state index contributed by atoms with van der Waals surface area (Å²) in [6.45, 7) is 1.79. The van der Waals surface area contributed by atoms with E-state index in [1.165, 1.54) is 0 Å². The zero-order valence-corrected chi connectivity index (χ0v) is 24.0. The zero-order chi connectivity index (χ0) is 29.5. The lowest BCUT2D eigenvalue weighted by Gasteiger charge is -2.15. The average Bonchev–Trinajstić information content (AvgIpc) is 3.00. The molecule has 10 nitrogen and oxygen atoms in total. The topological polar surface area (TPSA) is 124 Å². The molecule has 0 saturated carbocycles. The molecule has 5 aromatic rings. The normalized spacial score (nSPS) is 11.4. The lowest BCUT2D eigenvalue weighted by atomic mass is 10.2. The Morgan fingerprint density at radius 3 is 2.14 bits per heavy atom. The third kappa shape index (κ3) is 7.12. The van der Waals surface area contributed by atoms with Gasteiger partial charge in [-0.25, -0.2) is 14.2 Å². The lowest BCUT2D eigenvalue weighted by molar-refractivity contribution is -0.118. The van der Waals surface area contributed by atoms with E-state index < -0.39 is 11.0 Å². The van der Waals surface area contributed by atoms with Crippen LogP contribution in [0.5, 0.6) is 17.2 Å². The first-order valence-electron chi connectivity index (χ1n) is 12.9. The van der Waals surface area contributed by atoms with Gasteiger partial charge in [-0.15, -0.1) is 0 Å². The van der Waals surface area contributed by atoms with E-state index in [1.807, 2.05) is 49.4 Å². The second kappa shape index (κ2) is 13.0. The van der Waals surface area contributed by atoms with Gasteiger partial charge in [-0.1, -0.05) is 30.3 Å². The van der Waals surface area contributed by atoms with E-state index in [1.54, 1.807) is 62.8 Å². The molecule has 1 unspecified atom stereocenters. The van der Waals surface area contributed by atoms with Gasteiger partial charge in [0.15, 0.2) is 29.2 Å². The Bertz CT molecular complexity index is 1740. The van der Waals surface area contributed by atoms with Gasteiger partial charge in [0.25, 0.3) is 5.91 Å². The van der Waals surface area contributed by atoms with Gasteiger partial charge in [-0.3, -0.25) is 9.52 Å². The largest absolute Gasteiger partial charge is 0.497 e. The molecule has 1 heterocycles. The van der Waals surface area contributed by atoms with Gasteiger partial charge in [0.1, 0.15) is 17.2 Å². The number of amides is 1. The Balaban J connectivity index is 1.34. The molecule has 0 aliphatic rings. The van der Waals surface area contributed by atoms with E-state index in [9.17, 15) is 9.00 Å². The van der Waals surface area contributed by atoms with Gasteiger partial charge in [0.05, 0.1) is 30.1 Å². The number of hydrogen-bond acceptors (Lipinski definition) is 8. The van der Waals surface area contributed by atoms with Crippen LogP contribution >= 0.6 is 0 Å². The number of methoxy groups -OCH3 is 2. The van der Waals surface area contributed by atoms with E-state index in [0.717, 1.165) is 5.56 Å². The molecular weight excluding hydrogens is 554 g/mol. The Kier molecular flexibility index (Phi) is 8.78. The number of benzene rings is 4. The maximum absolute atomic E-state index is 13.5. The quantitative estimate of drug-likeness (QED) is 0.177. The SMILES string of the molecule is COc1cc(Nc2nc3ccccc3nc2NS(=O)c2cccc(NC(=O)COc3cccc(C)c3)c2)cc(OC)c1. The number of ether oxygens (including phenoxy) is 3. The smallest absolute Gasteiger partial charge is 0.262 e. The molecule has 5 rings (SSSR count). The van der Waals surface area contributed by atoms with Gasteiger partial charge in [-0.05, 0) is 55.0 Å². The number of fused-ring (bicyclic) bond motifs is 1. The molecule has 0 bridgehead atoms. The van der Waals surface area contributed by atoms with Crippen molar-refractivity contribution in [2.45, 2.75) is 11.8 Å². The molecule has 3 N–H and O–H groups in total. The second-order valence-corrected chi connectivity index (χ2v) is 10.4. The minimum absolute atomic E-state index is 0.161. The van der Waals surface area contributed by atoms with Crippen LogP contribution in [0.4, 0.5) is 23.0 Å². The van der Waals surface area contributed by atoms with Crippen LogP contribution in [0.15, 0.2) is 95.9 Å². The zero-order valence-electron chi connectivity index (χ0n) is 23.2. The molecule has 0 aliphatic carbocycles. The standard InChI is InChI=1S/C31H29N5O5S/c1-20-8-6-10-23(14-20)41-19-29(37)32-21-9-7-11-26(17-21)42(38)36-31-30(34-27-12-4-5-13-28(27)35-31)33-22-15-24(39-2)18-25(16-22)40-3/h4-18H,19H2,1-3H3,(H,32,37)(H,33,34)(H,35,36). The fourth-order valence-electron chi connectivity index (χ4n) is 4.06. The first-order valence-corrected chi connectivity index (χ1v) is 14.1. The molecule has 42 heavy (non-hydrogen) atoms. The van der Waals surface area contributed by atoms with Crippen LogP contribution in [-0.4, -0.2) is 40.9 Å². The molecule has 11 heteroatoms. The molecule has 1 atom stereocenters. The highest BCUT2D eigenvalue weighted by Gasteiger charge is 2.15. The number of rotatable bonds is 11. The summed E-state index contributed by atoms with van der Waals surface area (Å²) in [5.41, 5.74) is 3.44. The fourth-order valence-corrected chi connectivity index (χ4v) is 4.93. The van der Waals surface area contributed by atoms with Crippen LogP contribution in [0.3, 0.4) is 0 Å². The highest BCUT2D eigenvalue weighted by atomic mass is 32.2. The summed E-state index contributed by atoms with van der Waals surface area (Å²) in [6.07, 6.45) is 0. The molecule has 214 valence electrons. The summed E-state index contributed by atoms with van der Waals surface area (Å²) < 4.78 is 32.8. The van der Waals surface area contributed by atoms with Crippen molar-refractivity contribution >= 4 is 50.9 Å². The minimum atomic E-state index is -1.74. The fraction of sp³-hybridized carbons (Fsp3) is 0.129. The van der Waals surface area contributed by atoms with Crippen LogP contribution in [0.2, 0.25) is 0 Å². The number of para-hydroxylation sites is 2. The minimum Gasteiger partial charge on any atom is -0.497 e. The van der Waals surface area contributed by atoms with Gasteiger partial charge in [0.2, 0.25) is 0 Å². The molecule has 1 amide bonds. The van der Waals surface area contributed by atoms with E-state index in [2.05, 4.69) is 20.3 Å². The first kappa shape index (κ1) is 28.4. The van der Waals surface area contributed by atoms with E-state index in [4.69, 9.17) is 19.2 Å². The van der Waals surface area contributed by atoms with Crippen LogP contribution < -0.4 is 29.6 Å². The number of nitrogens with one attached hydrogen (secondary N) is 3. The molecule has 1 aromatic heterocycles. The third-order valence-corrected chi connectivity index (χ3v) is 7.13. The summed E-state index contributed by atoms with van der Waals surface area (Å²) >= 11 is 0. The van der Waals surface area contributed by atoms with Crippen molar-refractivity contribution in [3.63, 3.8) is 0 Å². The van der Waals surface area contributed by atoms with Crippen molar-refractivity contribution in [3.8, 4) is 17.2 Å². The van der Waals surface area contributed by atoms with Crippen LogP contribution in [-0.2, 0) is 15.8 Å². The molecule has 0 spiro atoms. The summed E-state index contributed by atoms with van der Waals surface area (Å²) in [5, 5.41) is 6.02. The molecular formula is C31H29N5O5S. The van der Waals surface area contributed by atoms with Crippen LogP contribution in [0.25, 0.3) is 11.0 Å². The highest BCUT2D eigenvalue weighted by molar-refractivity contribution is 7.86. The van der Waals surface area contributed by atoms with Crippen LogP contribution in [0.1, 0.15) is 5.56 Å². The first-order chi connectivity index (χ1) is 20.4. The predicted molar refractivity (Wildman–Crippen MR) is 164 cm³/mol. The number of aryl methyl sites for hydroxylation is 1. The Labute approximate surface area is 245 Å². The highest BCUT2D eigenvalue weighted by Crippen LogP contribution is 2.31. The van der Waals surface area contributed by atoms with Gasteiger partial charge in [0, 0.05) is 29.6 Å². The van der Waals surface area contributed by atoms with Crippen LogP contribution in [0, 0.1) is 6.92 Å². The Morgan fingerprint density at radius 2 is 1.45 bits per heavy atom. The molecule has 0 aliphatic heterocycles. The van der Waals surface area contributed by atoms with E-state index in [0.29, 0.717) is 50.4 Å². The number of carbonyl (C=O) groups is 1. The number of anilines is 4. The summed E-state index contributed by atoms with van der Waals surface area (Å²) in [5.74, 6) is 2.08. The van der Waals surface area contributed by atoms with Crippen molar-refractivity contribution in [1.29, 1.82) is 0 Å². The molecule has 4 aromatic carbocycles. The van der Waals surface area contributed by atoms with Crippen molar-refractivity contribution in [2.75, 3.05) is 36.2 Å². The number of nitrogens with zero attached hydrogens (tertiary/aromatic N) is 2. The average molecular weight is 584 g/mol. The van der Waals surface area contributed by atoms with E-state index >= 15 is 0 Å². The maximum atomic E-state index is 13.5. The van der Waals surface area contributed by atoms with Gasteiger partial charge < -0.3 is 24.8 Å². The van der Waals surface area contributed by atoms with Crippen molar-refractivity contribution in [2.24, 2.45) is 0 Å². The van der Waals surface area contributed by atoms with Gasteiger partial charge in [-0.2, -0.15) is 0 Å². The summed E-state index contributed by atoms with van der Waals surface area (Å²) in [4.78, 5) is 22.3. The van der Waals surface area contributed by atoms with Crippen molar-refractivity contribution in [1.82, 2.24) is 9.97 Å². The summed E-state index contributed by atoms with van der Waals surface area (Å²) in [6, 6.07) is 26.9. The van der Waals surface area contributed by atoms with E-state index in [-0.39, 0.29) is 18.3 Å². The summed E-state index contributed by atoms with van der Waals surface area (Å²) in [7, 11) is 1.39. The Morgan fingerprint density at radius 1 is 0.762 bits per heavy atom. The number of carbonyl (C=O) groups excluding carboxylic acids is 1. The Hall–Kier alpha value is -5.16.